The Kier molecular flexibility index (Phi) is 6.47. The minimum atomic E-state index is -0.343. The van der Waals surface area contributed by atoms with E-state index in [4.69, 9.17) is 5.10 Å². The van der Waals surface area contributed by atoms with Crippen LogP contribution in [0.15, 0.2) is 30.9 Å². The minimum Gasteiger partial charge on any atom is -0.379 e. The molecule has 0 atom stereocenters. The van der Waals surface area contributed by atoms with Gasteiger partial charge in [-0.1, -0.05) is 0 Å². The third kappa shape index (κ3) is 5.50. The first-order valence-electron chi connectivity index (χ1n) is 12.2. The largest absolute Gasteiger partial charge is 0.379 e. The van der Waals surface area contributed by atoms with Crippen molar-refractivity contribution in [2.75, 3.05) is 30.0 Å². The predicted molar refractivity (Wildman–Crippen MR) is 132 cm³/mol. The molecule has 0 bridgehead atoms. The van der Waals surface area contributed by atoms with Gasteiger partial charge in [-0.05, 0) is 50.5 Å². The summed E-state index contributed by atoms with van der Waals surface area (Å²) in [5.41, 5.74) is 1.80. The number of anilines is 3. The lowest BCUT2D eigenvalue weighted by Gasteiger charge is -2.29. The van der Waals surface area contributed by atoms with Gasteiger partial charge in [0.2, 0.25) is 5.91 Å². The molecule has 3 aromatic heterocycles. The fraction of sp³-hybridized carbons (Fsp3) is 0.500. The second kappa shape index (κ2) is 9.85. The van der Waals surface area contributed by atoms with Crippen LogP contribution in [0.3, 0.4) is 0 Å². The molecular formula is C24H31N9O2. The summed E-state index contributed by atoms with van der Waals surface area (Å²) in [7, 11) is 3.62. The van der Waals surface area contributed by atoms with Crippen molar-refractivity contribution in [1.29, 1.82) is 0 Å². The Morgan fingerprint density at radius 1 is 1.03 bits per heavy atom. The van der Waals surface area contributed by atoms with Gasteiger partial charge in [-0.25, -0.2) is 19.5 Å². The molecule has 3 N–H and O–H groups in total. The topological polar surface area (TPSA) is 129 Å². The van der Waals surface area contributed by atoms with Crippen molar-refractivity contribution < 1.29 is 9.59 Å². The van der Waals surface area contributed by atoms with Crippen LogP contribution in [-0.4, -0.2) is 67.5 Å². The summed E-state index contributed by atoms with van der Waals surface area (Å²) in [6.45, 7) is 0. The molecular weight excluding hydrogens is 446 g/mol. The van der Waals surface area contributed by atoms with Gasteiger partial charge in [0.1, 0.15) is 18.0 Å². The maximum absolute atomic E-state index is 13.0. The van der Waals surface area contributed by atoms with Crippen LogP contribution in [0, 0.1) is 5.92 Å². The van der Waals surface area contributed by atoms with Crippen LogP contribution in [0.5, 0.6) is 0 Å². The number of aromatic nitrogens is 5. The standard InChI is InChI=1S/C24H31N9O2/c1-32(2)22(34)11-15-3-5-17(6-4-15)29-21-12-18(28-16-7-8-16)23-26-13-19(33(23)31-21)24(35)30-20-9-10-25-14-27-20/h9-10,12-17,28H,3-8,11H2,1-2H3,(H,29,31)(H,25,27,30,35). The summed E-state index contributed by atoms with van der Waals surface area (Å²) < 4.78 is 1.59. The highest BCUT2D eigenvalue weighted by Gasteiger charge is 2.26. The number of nitrogens with zero attached hydrogens (tertiary/aromatic N) is 6. The highest BCUT2D eigenvalue weighted by Crippen LogP contribution is 2.31. The summed E-state index contributed by atoms with van der Waals surface area (Å²) >= 11 is 0. The van der Waals surface area contributed by atoms with Gasteiger partial charge >= 0.3 is 0 Å². The Morgan fingerprint density at radius 2 is 1.77 bits per heavy atom. The zero-order valence-corrected chi connectivity index (χ0v) is 20.1. The number of carbonyl (C=O) groups excluding carboxylic acids is 2. The second-order valence-electron chi connectivity index (χ2n) is 9.64. The summed E-state index contributed by atoms with van der Waals surface area (Å²) in [6, 6.07) is 4.30. The van der Waals surface area contributed by atoms with E-state index in [9.17, 15) is 9.59 Å². The Labute approximate surface area is 203 Å². The van der Waals surface area contributed by atoms with E-state index in [1.165, 1.54) is 12.5 Å². The number of fused-ring (bicyclic) bond motifs is 1. The molecule has 2 aliphatic carbocycles. The van der Waals surface area contributed by atoms with Gasteiger partial charge in [-0.3, -0.25) is 9.59 Å². The Hall–Kier alpha value is -3.76. The molecule has 2 fully saturated rings. The van der Waals surface area contributed by atoms with Crippen molar-refractivity contribution in [2.24, 2.45) is 5.92 Å². The third-order valence-electron chi connectivity index (χ3n) is 6.62. The Morgan fingerprint density at radius 3 is 2.46 bits per heavy atom. The normalized spacial score (nSPS) is 19.8. The quantitative estimate of drug-likeness (QED) is 0.452. The summed E-state index contributed by atoms with van der Waals surface area (Å²) in [5, 5.41) is 14.6. The van der Waals surface area contributed by atoms with Crippen molar-refractivity contribution >= 4 is 34.8 Å². The van der Waals surface area contributed by atoms with Crippen molar-refractivity contribution in [3.05, 3.63) is 36.5 Å². The van der Waals surface area contributed by atoms with Gasteiger partial charge in [-0.15, -0.1) is 5.10 Å². The van der Waals surface area contributed by atoms with E-state index < -0.39 is 0 Å². The second-order valence-corrected chi connectivity index (χ2v) is 9.64. The van der Waals surface area contributed by atoms with Crippen LogP contribution < -0.4 is 16.0 Å². The first kappa shape index (κ1) is 23.0. The van der Waals surface area contributed by atoms with E-state index in [0.29, 0.717) is 41.4 Å². The monoisotopic (exact) mass is 477 g/mol. The van der Waals surface area contributed by atoms with Crippen LogP contribution >= 0.6 is 0 Å². The lowest BCUT2D eigenvalue weighted by molar-refractivity contribution is -0.129. The number of nitrogens with one attached hydrogen (secondary N) is 3. The molecule has 35 heavy (non-hydrogen) atoms. The molecule has 0 aromatic carbocycles. The average molecular weight is 478 g/mol. The first-order valence-corrected chi connectivity index (χ1v) is 12.2. The fourth-order valence-corrected chi connectivity index (χ4v) is 4.44. The van der Waals surface area contributed by atoms with Crippen LogP contribution in [0.4, 0.5) is 17.3 Å². The molecule has 2 saturated carbocycles. The Balaban J connectivity index is 1.33. The van der Waals surface area contributed by atoms with Crippen LogP contribution in [0.2, 0.25) is 0 Å². The maximum atomic E-state index is 13.0. The van der Waals surface area contributed by atoms with Gasteiger partial charge in [0.15, 0.2) is 11.3 Å². The molecule has 3 aromatic rings. The summed E-state index contributed by atoms with van der Waals surface area (Å²) in [6.07, 6.45) is 11.3. The van der Waals surface area contributed by atoms with Gasteiger partial charge < -0.3 is 20.9 Å². The zero-order valence-electron chi connectivity index (χ0n) is 20.1. The number of amides is 2. The fourth-order valence-electron chi connectivity index (χ4n) is 4.44. The van der Waals surface area contributed by atoms with E-state index in [2.05, 4.69) is 30.9 Å². The first-order chi connectivity index (χ1) is 17.0. The predicted octanol–water partition coefficient (Wildman–Crippen LogP) is 2.79. The molecule has 2 amide bonds. The van der Waals surface area contributed by atoms with E-state index in [1.807, 2.05) is 20.2 Å². The van der Waals surface area contributed by atoms with Gasteiger partial charge in [0.05, 0.1) is 11.9 Å². The molecule has 0 saturated heterocycles. The minimum absolute atomic E-state index is 0.192. The van der Waals surface area contributed by atoms with Crippen LogP contribution in [-0.2, 0) is 4.79 Å². The lowest BCUT2D eigenvalue weighted by Crippen LogP contribution is -2.30. The molecule has 11 heteroatoms. The molecule has 0 aliphatic heterocycles. The van der Waals surface area contributed by atoms with E-state index >= 15 is 0 Å². The molecule has 184 valence electrons. The maximum Gasteiger partial charge on any atom is 0.277 e. The summed E-state index contributed by atoms with van der Waals surface area (Å²) in [4.78, 5) is 39.1. The molecule has 5 rings (SSSR count). The molecule has 0 radical (unpaired) electrons. The third-order valence-corrected chi connectivity index (χ3v) is 6.62. The SMILES string of the molecule is CN(C)C(=O)CC1CCC(Nc2cc(NC3CC3)c3ncc(C(=O)Nc4ccncn4)n3n2)CC1. The van der Waals surface area contributed by atoms with Gasteiger partial charge in [-0.2, -0.15) is 0 Å². The highest BCUT2D eigenvalue weighted by molar-refractivity contribution is 6.03. The van der Waals surface area contributed by atoms with Crippen LogP contribution in [0.1, 0.15) is 55.4 Å². The van der Waals surface area contributed by atoms with Crippen molar-refractivity contribution in [3.8, 4) is 0 Å². The Bertz CT molecular complexity index is 1200. The zero-order chi connectivity index (χ0) is 24.4. The number of imidazole rings is 1. The molecule has 0 unspecified atom stereocenters. The molecule has 0 spiro atoms. The van der Waals surface area contributed by atoms with Gasteiger partial charge in [0, 0.05) is 44.9 Å². The number of rotatable bonds is 8. The smallest absolute Gasteiger partial charge is 0.277 e. The van der Waals surface area contributed by atoms with Crippen molar-refractivity contribution in [1.82, 2.24) is 29.5 Å². The average Bonchev–Trinajstić information content (AvgIpc) is 3.56. The van der Waals surface area contributed by atoms with E-state index in [0.717, 1.165) is 44.2 Å². The van der Waals surface area contributed by atoms with Crippen LogP contribution in [0.25, 0.3) is 5.65 Å². The number of hydrogen-bond donors (Lipinski definition) is 3. The summed E-state index contributed by atoms with van der Waals surface area (Å²) in [5.74, 6) is 1.38. The molecule has 3 heterocycles. The van der Waals surface area contributed by atoms with Crippen molar-refractivity contribution in [2.45, 2.75) is 57.0 Å². The highest BCUT2D eigenvalue weighted by atomic mass is 16.2. The van der Waals surface area contributed by atoms with Gasteiger partial charge in [0.25, 0.3) is 5.91 Å². The molecule has 11 nitrogen and oxygen atoms in total. The number of carbonyl (C=O) groups is 2. The molecule has 2 aliphatic rings. The van der Waals surface area contributed by atoms with E-state index in [-0.39, 0.29) is 17.9 Å². The number of hydrogen-bond acceptors (Lipinski definition) is 8. The van der Waals surface area contributed by atoms with E-state index in [1.54, 1.807) is 21.7 Å². The van der Waals surface area contributed by atoms with Crippen molar-refractivity contribution in [3.63, 3.8) is 0 Å². The lowest BCUT2D eigenvalue weighted by atomic mass is 9.84.